The van der Waals surface area contributed by atoms with Gasteiger partial charge in [-0.05, 0) is 44.9 Å². The Balaban J connectivity index is 1.22. The van der Waals surface area contributed by atoms with Gasteiger partial charge < -0.3 is 20.3 Å². The molecule has 3 aromatic rings. The van der Waals surface area contributed by atoms with E-state index >= 15 is 0 Å². The zero-order valence-corrected chi connectivity index (χ0v) is 20.9. The third kappa shape index (κ3) is 4.89. The van der Waals surface area contributed by atoms with E-state index in [0.717, 1.165) is 51.6 Å². The van der Waals surface area contributed by atoms with Crippen LogP contribution in [0.1, 0.15) is 51.0 Å². The average molecular weight is 530 g/mol. The van der Waals surface area contributed by atoms with Gasteiger partial charge in [-0.2, -0.15) is 4.98 Å². The van der Waals surface area contributed by atoms with Crippen LogP contribution in [0.15, 0.2) is 18.3 Å². The summed E-state index contributed by atoms with van der Waals surface area (Å²) in [4.78, 5) is 28.4. The van der Waals surface area contributed by atoms with Gasteiger partial charge in [0.05, 0.1) is 18.8 Å². The van der Waals surface area contributed by atoms with Gasteiger partial charge in [-0.15, -0.1) is 0 Å². The topological polar surface area (TPSA) is 97.2 Å². The first-order valence-corrected chi connectivity index (χ1v) is 13.3. The van der Waals surface area contributed by atoms with Crippen molar-refractivity contribution in [3.63, 3.8) is 0 Å². The Labute approximate surface area is 217 Å². The van der Waals surface area contributed by atoms with Gasteiger partial charge in [0.1, 0.15) is 17.0 Å². The summed E-state index contributed by atoms with van der Waals surface area (Å²) in [6.45, 7) is 2.69. The van der Waals surface area contributed by atoms with Crippen LogP contribution in [-0.4, -0.2) is 62.7 Å². The predicted molar refractivity (Wildman–Crippen MR) is 135 cm³/mol. The van der Waals surface area contributed by atoms with E-state index in [1.807, 2.05) is 4.90 Å². The molecular weight excluding hydrogens is 499 g/mol. The van der Waals surface area contributed by atoms with Gasteiger partial charge in [0.25, 0.3) is 0 Å². The lowest BCUT2D eigenvalue weighted by molar-refractivity contribution is -0.135. The van der Waals surface area contributed by atoms with Crippen molar-refractivity contribution in [3.8, 4) is 0 Å². The van der Waals surface area contributed by atoms with Crippen LogP contribution in [0, 0.1) is 23.4 Å². The van der Waals surface area contributed by atoms with E-state index in [4.69, 9.17) is 9.72 Å². The monoisotopic (exact) mass is 529 g/mol. The van der Waals surface area contributed by atoms with Gasteiger partial charge in [0.15, 0.2) is 17.3 Å². The molecule has 12 heteroatoms. The van der Waals surface area contributed by atoms with Crippen LogP contribution in [-0.2, 0) is 9.53 Å². The van der Waals surface area contributed by atoms with E-state index in [9.17, 15) is 18.0 Å². The van der Waals surface area contributed by atoms with Gasteiger partial charge in [-0.1, -0.05) is 0 Å². The molecule has 1 atom stereocenters. The second-order valence-corrected chi connectivity index (χ2v) is 10.3. The number of rotatable bonds is 6. The number of fused-ring (bicyclic) bond motifs is 1. The molecule has 38 heavy (non-hydrogen) atoms. The molecule has 1 saturated carbocycles. The summed E-state index contributed by atoms with van der Waals surface area (Å²) in [6.07, 6.45) is 7.78. The minimum atomic E-state index is -1.06. The molecule has 9 nitrogen and oxygen atoms in total. The zero-order valence-electron chi connectivity index (χ0n) is 20.9. The predicted octanol–water partition coefficient (Wildman–Crippen LogP) is 4.54. The molecule has 1 unspecified atom stereocenters. The van der Waals surface area contributed by atoms with Crippen LogP contribution in [0.5, 0.6) is 0 Å². The van der Waals surface area contributed by atoms with Crippen molar-refractivity contribution in [1.29, 1.82) is 0 Å². The Bertz CT molecular complexity index is 1310. The van der Waals surface area contributed by atoms with E-state index in [1.165, 1.54) is 0 Å². The molecule has 3 fully saturated rings. The summed E-state index contributed by atoms with van der Waals surface area (Å²) < 4.78 is 49.5. The number of benzene rings is 1. The number of hydrogen-bond acceptors (Lipinski definition) is 7. The smallest absolute Gasteiger partial charge is 0.225 e. The van der Waals surface area contributed by atoms with E-state index in [0.29, 0.717) is 48.9 Å². The molecule has 202 valence electrons. The van der Waals surface area contributed by atoms with Crippen molar-refractivity contribution in [2.75, 3.05) is 36.9 Å². The highest BCUT2D eigenvalue weighted by atomic mass is 19.1. The third-order valence-corrected chi connectivity index (χ3v) is 7.77. The summed E-state index contributed by atoms with van der Waals surface area (Å²) in [5.74, 6) is -2.15. The molecule has 0 spiro atoms. The number of anilines is 3. The Morgan fingerprint density at radius 2 is 1.74 bits per heavy atom. The molecule has 0 radical (unpaired) electrons. The number of amides is 1. The lowest BCUT2D eigenvalue weighted by Crippen LogP contribution is -2.37. The second-order valence-electron chi connectivity index (χ2n) is 10.3. The number of halogens is 3. The van der Waals surface area contributed by atoms with Crippen molar-refractivity contribution >= 4 is 34.7 Å². The van der Waals surface area contributed by atoms with Crippen LogP contribution in [0.4, 0.5) is 30.8 Å². The van der Waals surface area contributed by atoms with E-state index in [-0.39, 0.29) is 29.9 Å². The molecule has 1 aliphatic carbocycles. The van der Waals surface area contributed by atoms with Gasteiger partial charge in [-0.25, -0.2) is 23.1 Å². The van der Waals surface area contributed by atoms with Crippen LogP contribution in [0.2, 0.25) is 0 Å². The maximum Gasteiger partial charge on any atom is 0.225 e. The molecule has 0 bridgehead atoms. The molecule has 1 aromatic carbocycles. The summed E-state index contributed by atoms with van der Waals surface area (Å²) in [5.41, 5.74) is 0.461. The second kappa shape index (κ2) is 10.4. The first-order chi connectivity index (χ1) is 18.5. The van der Waals surface area contributed by atoms with Crippen molar-refractivity contribution in [2.45, 2.75) is 57.0 Å². The zero-order chi connectivity index (χ0) is 26.2. The standard InChI is InChI=1S/C26H30F3N7O2/c27-16-11-19(28)22(20(29)12-16)33-26-32-21-13-30-25(34-23(21)36(26)18-7-10-38-14-18)31-17-5-3-15(4-6-17)24(37)35-8-1-2-9-35/h11-13,15,17-18H,1-10,14H2,(H,32,33)(H,30,31,34). The molecule has 2 aromatic heterocycles. The van der Waals surface area contributed by atoms with Crippen molar-refractivity contribution < 1.29 is 22.7 Å². The summed E-state index contributed by atoms with van der Waals surface area (Å²) in [5, 5.41) is 6.10. The fourth-order valence-corrected chi connectivity index (χ4v) is 5.76. The van der Waals surface area contributed by atoms with Gasteiger partial charge in [0.2, 0.25) is 17.8 Å². The number of nitrogens with one attached hydrogen (secondary N) is 2. The fraction of sp³-hybridized carbons (Fsp3) is 0.538. The van der Waals surface area contributed by atoms with E-state index in [2.05, 4.69) is 20.6 Å². The first kappa shape index (κ1) is 24.9. The van der Waals surface area contributed by atoms with Crippen molar-refractivity contribution in [3.05, 3.63) is 35.8 Å². The molecular formula is C26H30F3N7O2. The number of carbonyl (C=O) groups is 1. The molecule has 1 amide bonds. The van der Waals surface area contributed by atoms with Gasteiger partial charge >= 0.3 is 0 Å². The van der Waals surface area contributed by atoms with E-state index < -0.39 is 23.1 Å². The van der Waals surface area contributed by atoms with Crippen LogP contribution in [0.3, 0.4) is 0 Å². The van der Waals surface area contributed by atoms with Crippen molar-refractivity contribution in [1.82, 2.24) is 24.4 Å². The quantitative estimate of drug-likeness (QED) is 0.484. The SMILES string of the molecule is O=C(C1CCC(Nc2ncc3nc(Nc4c(F)cc(F)cc4F)n(C4CCOC4)c3n2)CC1)N1CCCC1. The Morgan fingerprint density at radius 3 is 2.42 bits per heavy atom. The number of imidazole rings is 1. The highest BCUT2D eigenvalue weighted by Crippen LogP contribution is 2.33. The van der Waals surface area contributed by atoms with E-state index in [1.54, 1.807) is 10.8 Å². The number of likely N-dealkylation sites (tertiary alicyclic amines) is 1. The summed E-state index contributed by atoms with van der Waals surface area (Å²) >= 11 is 0. The largest absolute Gasteiger partial charge is 0.379 e. The minimum Gasteiger partial charge on any atom is -0.379 e. The molecule has 2 N–H and O–H groups in total. The highest BCUT2D eigenvalue weighted by molar-refractivity contribution is 5.79. The third-order valence-electron chi connectivity index (χ3n) is 7.77. The molecule has 6 rings (SSSR count). The van der Waals surface area contributed by atoms with Crippen LogP contribution >= 0.6 is 0 Å². The summed E-state index contributed by atoms with van der Waals surface area (Å²) in [6, 6.07) is 1.23. The maximum atomic E-state index is 14.4. The average Bonchev–Trinajstić information content (AvgIpc) is 3.67. The Morgan fingerprint density at radius 1 is 1.00 bits per heavy atom. The lowest BCUT2D eigenvalue weighted by atomic mass is 9.85. The number of nitrogens with zero attached hydrogens (tertiary/aromatic N) is 5. The number of carbonyl (C=O) groups excluding carboxylic acids is 1. The lowest BCUT2D eigenvalue weighted by Gasteiger charge is -2.30. The normalized spacial score (nSPS) is 23.8. The van der Waals surface area contributed by atoms with Crippen LogP contribution < -0.4 is 10.6 Å². The van der Waals surface area contributed by atoms with Crippen LogP contribution in [0.25, 0.3) is 11.2 Å². The van der Waals surface area contributed by atoms with Gasteiger partial charge in [0, 0.05) is 43.8 Å². The number of hydrogen-bond donors (Lipinski definition) is 2. The van der Waals surface area contributed by atoms with Gasteiger partial charge in [-0.3, -0.25) is 9.36 Å². The maximum absolute atomic E-state index is 14.4. The molecule has 2 saturated heterocycles. The minimum absolute atomic E-state index is 0.0826. The molecule has 4 heterocycles. The molecule has 3 aliphatic rings. The highest BCUT2D eigenvalue weighted by Gasteiger charge is 2.31. The Hall–Kier alpha value is -3.41. The number of ether oxygens (including phenoxy) is 1. The molecule has 2 aliphatic heterocycles. The summed E-state index contributed by atoms with van der Waals surface area (Å²) in [7, 11) is 0. The van der Waals surface area contributed by atoms with Crippen molar-refractivity contribution in [2.24, 2.45) is 5.92 Å². The number of aromatic nitrogens is 4. The first-order valence-electron chi connectivity index (χ1n) is 13.3. The fourth-order valence-electron chi connectivity index (χ4n) is 5.76. The Kier molecular flexibility index (Phi) is 6.81.